The molecule has 1 N–H and O–H groups in total. The number of ether oxygens (including phenoxy) is 1. The zero-order valence-corrected chi connectivity index (χ0v) is 9.03. The predicted molar refractivity (Wildman–Crippen MR) is 54.6 cm³/mol. The van der Waals surface area contributed by atoms with E-state index in [4.69, 9.17) is 9.26 Å². The van der Waals surface area contributed by atoms with Crippen LogP contribution in [-0.2, 0) is 17.6 Å². The average molecular weight is 211 g/mol. The fourth-order valence-electron chi connectivity index (χ4n) is 1.81. The van der Waals surface area contributed by atoms with Crippen LogP contribution in [0, 0.1) is 0 Å². The molecule has 0 aliphatic carbocycles. The van der Waals surface area contributed by atoms with Crippen molar-refractivity contribution >= 4 is 0 Å². The minimum atomic E-state index is 0.515. The van der Waals surface area contributed by atoms with Crippen molar-refractivity contribution in [1.29, 1.82) is 0 Å². The first-order valence-corrected chi connectivity index (χ1v) is 5.42. The molecule has 5 nitrogen and oxygen atoms in total. The summed E-state index contributed by atoms with van der Waals surface area (Å²) in [6.07, 6.45) is 4.02. The zero-order chi connectivity index (χ0) is 10.5. The van der Waals surface area contributed by atoms with Gasteiger partial charge in [-0.15, -0.1) is 0 Å². The highest BCUT2D eigenvalue weighted by atomic mass is 16.5. The van der Waals surface area contributed by atoms with E-state index in [0.29, 0.717) is 12.6 Å². The number of nitrogens with zero attached hydrogens (tertiary/aromatic N) is 2. The molecule has 1 aromatic heterocycles. The van der Waals surface area contributed by atoms with E-state index < -0.39 is 0 Å². The second-order valence-corrected chi connectivity index (χ2v) is 3.84. The maximum Gasteiger partial charge on any atom is 0.228 e. The van der Waals surface area contributed by atoms with Crippen LogP contribution in [-0.4, -0.2) is 36.4 Å². The summed E-state index contributed by atoms with van der Waals surface area (Å²) in [5.74, 6) is 1.48. The second kappa shape index (κ2) is 5.23. The molecule has 1 saturated heterocycles. The van der Waals surface area contributed by atoms with Crippen molar-refractivity contribution in [3.63, 3.8) is 0 Å². The fourth-order valence-corrected chi connectivity index (χ4v) is 1.81. The van der Waals surface area contributed by atoms with Crippen LogP contribution in [0.5, 0.6) is 0 Å². The first kappa shape index (κ1) is 10.6. The molecule has 1 aliphatic rings. The van der Waals surface area contributed by atoms with Gasteiger partial charge in [0.05, 0.1) is 6.61 Å². The van der Waals surface area contributed by atoms with Crippen LogP contribution < -0.4 is 5.32 Å². The molecule has 15 heavy (non-hydrogen) atoms. The summed E-state index contributed by atoms with van der Waals surface area (Å²) < 4.78 is 10.1. The fraction of sp³-hybridized carbons (Fsp3) is 0.800. The van der Waals surface area contributed by atoms with E-state index >= 15 is 0 Å². The summed E-state index contributed by atoms with van der Waals surface area (Å²) in [5, 5.41) is 7.31. The van der Waals surface area contributed by atoms with Gasteiger partial charge in [0.15, 0.2) is 5.82 Å². The standard InChI is InChI=1S/C10H17N3O2/c1-14-6-4-9-12-10(15-13-9)7-8-3-2-5-11-8/h8,11H,2-7H2,1H3/t8-/m0/s1. The molecular weight excluding hydrogens is 194 g/mol. The van der Waals surface area contributed by atoms with Gasteiger partial charge in [-0.2, -0.15) is 4.98 Å². The van der Waals surface area contributed by atoms with Crippen LogP contribution in [0.1, 0.15) is 24.6 Å². The van der Waals surface area contributed by atoms with Crippen molar-refractivity contribution in [2.75, 3.05) is 20.3 Å². The normalized spacial score (nSPS) is 21.0. The summed E-state index contributed by atoms with van der Waals surface area (Å²) >= 11 is 0. The van der Waals surface area contributed by atoms with Gasteiger partial charge in [-0.1, -0.05) is 5.16 Å². The van der Waals surface area contributed by atoms with E-state index in [-0.39, 0.29) is 0 Å². The first-order valence-electron chi connectivity index (χ1n) is 5.42. The van der Waals surface area contributed by atoms with Crippen molar-refractivity contribution in [2.45, 2.75) is 31.7 Å². The van der Waals surface area contributed by atoms with Crippen molar-refractivity contribution in [3.05, 3.63) is 11.7 Å². The van der Waals surface area contributed by atoms with Crippen LogP contribution in [0.3, 0.4) is 0 Å². The molecule has 2 rings (SSSR count). The van der Waals surface area contributed by atoms with E-state index in [1.165, 1.54) is 12.8 Å². The Morgan fingerprint density at radius 1 is 1.60 bits per heavy atom. The van der Waals surface area contributed by atoms with Gasteiger partial charge in [-0.25, -0.2) is 0 Å². The minimum absolute atomic E-state index is 0.515. The number of rotatable bonds is 5. The number of nitrogens with one attached hydrogen (secondary N) is 1. The Kier molecular flexibility index (Phi) is 3.69. The minimum Gasteiger partial charge on any atom is -0.384 e. The number of aromatic nitrogens is 2. The Morgan fingerprint density at radius 2 is 2.53 bits per heavy atom. The molecule has 1 fully saturated rings. The average Bonchev–Trinajstić information content (AvgIpc) is 2.87. The quantitative estimate of drug-likeness (QED) is 0.770. The number of methoxy groups -OCH3 is 1. The lowest BCUT2D eigenvalue weighted by Gasteiger charge is -2.04. The van der Waals surface area contributed by atoms with Gasteiger partial charge in [0.25, 0.3) is 0 Å². The molecule has 1 aliphatic heterocycles. The third-order valence-electron chi connectivity index (χ3n) is 2.62. The topological polar surface area (TPSA) is 60.2 Å². The predicted octanol–water partition coefficient (Wildman–Crippen LogP) is 0.553. The second-order valence-electron chi connectivity index (χ2n) is 3.84. The van der Waals surface area contributed by atoms with Crippen molar-refractivity contribution < 1.29 is 9.26 Å². The highest BCUT2D eigenvalue weighted by molar-refractivity contribution is 4.91. The third-order valence-corrected chi connectivity index (χ3v) is 2.62. The molecule has 2 heterocycles. The molecular formula is C10H17N3O2. The molecule has 0 unspecified atom stereocenters. The summed E-state index contributed by atoms with van der Waals surface area (Å²) in [5.41, 5.74) is 0. The van der Waals surface area contributed by atoms with Gasteiger partial charge in [-0.3, -0.25) is 0 Å². The zero-order valence-electron chi connectivity index (χ0n) is 9.03. The molecule has 0 spiro atoms. The summed E-state index contributed by atoms with van der Waals surface area (Å²) in [4.78, 5) is 4.31. The largest absolute Gasteiger partial charge is 0.384 e. The maximum absolute atomic E-state index is 5.17. The smallest absolute Gasteiger partial charge is 0.228 e. The monoisotopic (exact) mass is 211 g/mol. The van der Waals surface area contributed by atoms with E-state index in [1.54, 1.807) is 7.11 Å². The molecule has 0 amide bonds. The van der Waals surface area contributed by atoms with Gasteiger partial charge in [-0.05, 0) is 19.4 Å². The van der Waals surface area contributed by atoms with Gasteiger partial charge in [0.2, 0.25) is 5.89 Å². The number of hydrogen-bond donors (Lipinski definition) is 1. The molecule has 1 aromatic rings. The van der Waals surface area contributed by atoms with Crippen LogP contribution in [0.4, 0.5) is 0 Å². The van der Waals surface area contributed by atoms with Gasteiger partial charge in [0.1, 0.15) is 0 Å². The van der Waals surface area contributed by atoms with Crippen molar-refractivity contribution in [3.8, 4) is 0 Å². The Morgan fingerprint density at radius 3 is 3.27 bits per heavy atom. The van der Waals surface area contributed by atoms with E-state index in [0.717, 1.165) is 31.1 Å². The molecule has 0 radical (unpaired) electrons. The lowest BCUT2D eigenvalue weighted by Crippen LogP contribution is -2.23. The molecule has 0 bridgehead atoms. The Labute approximate surface area is 89.2 Å². The molecule has 1 atom stereocenters. The van der Waals surface area contributed by atoms with E-state index in [1.807, 2.05) is 0 Å². The summed E-state index contributed by atoms with van der Waals surface area (Å²) in [7, 11) is 1.67. The van der Waals surface area contributed by atoms with Gasteiger partial charge < -0.3 is 14.6 Å². The third kappa shape index (κ3) is 3.00. The van der Waals surface area contributed by atoms with Crippen LogP contribution in [0.25, 0.3) is 0 Å². The van der Waals surface area contributed by atoms with Gasteiger partial charge in [0, 0.05) is 26.0 Å². The SMILES string of the molecule is COCCc1noc(C[C@@H]2CCCN2)n1. The van der Waals surface area contributed by atoms with E-state index in [2.05, 4.69) is 15.5 Å². The Bertz CT molecular complexity index is 295. The molecule has 84 valence electrons. The summed E-state index contributed by atoms with van der Waals surface area (Å²) in [6, 6.07) is 0.515. The number of hydrogen-bond acceptors (Lipinski definition) is 5. The van der Waals surface area contributed by atoms with Gasteiger partial charge >= 0.3 is 0 Å². The van der Waals surface area contributed by atoms with E-state index in [9.17, 15) is 0 Å². The lowest BCUT2D eigenvalue weighted by molar-refractivity contribution is 0.199. The summed E-state index contributed by atoms with van der Waals surface area (Å²) in [6.45, 7) is 1.75. The van der Waals surface area contributed by atoms with Crippen LogP contribution in [0.15, 0.2) is 4.52 Å². The Balaban J connectivity index is 1.83. The van der Waals surface area contributed by atoms with Crippen LogP contribution in [0.2, 0.25) is 0 Å². The van der Waals surface area contributed by atoms with Crippen molar-refractivity contribution in [1.82, 2.24) is 15.5 Å². The molecule has 5 heteroatoms. The maximum atomic E-state index is 5.17. The van der Waals surface area contributed by atoms with Crippen LogP contribution >= 0.6 is 0 Å². The molecule has 0 aromatic carbocycles. The highest BCUT2D eigenvalue weighted by Crippen LogP contribution is 2.10. The highest BCUT2D eigenvalue weighted by Gasteiger charge is 2.17. The Hall–Kier alpha value is -0.940. The molecule has 0 saturated carbocycles. The van der Waals surface area contributed by atoms with Crippen molar-refractivity contribution in [2.24, 2.45) is 0 Å². The lowest BCUT2D eigenvalue weighted by atomic mass is 10.1. The first-order chi connectivity index (χ1) is 7.38.